The van der Waals surface area contributed by atoms with Crippen molar-refractivity contribution in [2.45, 2.75) is 6.54 Å². The van der Waals surface area contributed by atoms with Crippen LogP contribution in [0, 0.1) is 10.1 Å². The average Bonchev–Trinajstić information content (AvgIpc) is 2.47. The first-order valence-electron chi connectivity index (χ1n) is 5.98. The number of nitrogens with one attached hydrogen (secondary N) is 1. The van der Waals surface area contributed by atoms with E-state index in [4.69, 9.17) is 5.84 Å². The normalized spacial score (nSPS) is 10.1. The predicted molar refractivity (Wildman–Crippen MR) is 77.3 cm³/mol. The van der Waals surface area contributed by atoms with Crippen LogP contribution < -0.4 is 16.2 Å². The number of nitro groups is 1. The molecule has 0 bridgehead atoms. The Morgan fingerprint density at radius 2 is 2.15 bits per heavy atom. The zero-order valence-electron chi connectivity index (χ0n) is 11.0. The van der Waals surface area contributed by atoms with Gasteiger partial charge < -0.3 is 10.3 Å². The van der Waals surface area contributed by atoms with Crippen LogP contribution in [0.2, 0.25) is 0 Å². The molecule has 20 heavy (non-hydrogen) atoms. The fourth-order valence-corrected chi connectivity index (χ4v) is 1.97. The summed E-state index contributed by atoms with van der Waals surface area (Å²) in [4.78, 5) is 16.8. The van der Waals surface area contributed by atoms with Crippen LogP contribution in [0.3, 0.4) is 0 Å². The van der Waals surface area contributed by atoms with Gasteiger partial charge in [0.15, 0.2) is 0 Å². The van der Waals surface area contributed by atoms with Gasteiger partial charge in [0, 0.05) is 13.2 Å². The standard InChI is InChI=1S/C13H15N5O2/c1-17(9-10-5-2-3-8-15-10)12-7-4-6-11(16-14)13(12)18(19)20/h2-8,16H,9,14H2,1H3. The van der Waals surface area contributed by atoms with Gasteiger partial charge in [-0.3, -0.25) is 20.9 Å². The van der Waals surface area contributed by atoms with Crippen LogP contribution in [0.25, 0.3) is 0 Å². The van der Waals surface area contributed by atoms with Gasteiger partial charge >= 0.3 is 5.69 Å². The van der Waals surface area contributed by atoms with E-state index in [0.717, 1.165) is 5.69 Å². The minimum atomic E-state index is -0.445. The highest BCUT2D eigenvalue weighted by atomic mass is 16.6. The lowest BCUT2D eigenvalue weighted by molar-refractivity contribution is -0.383. The molecular formula is C13H15N5O2. The molecule has 0 aliphatic carbocycles. The molecule has 0 amide bonds. The van der Waals surface area contributed by atoms with Crippen molar-refractivity contribution < 1.29 is 4.92 Å². The molecule has 1 aromatic heterocycles. The van der Waals surface area contributed by atoms with Crippen molar-refractivity contribution in [1.82, 2.24) is 4.98 Å². The zero-order chi connectivity index (χ0) is 14.5. The second-order valence-corrected chi connectivity index (χ2v) is 4.25. The Bertz CT molecular complexity index is 603. The SMILES string of the molecule is CN(Cc1ccccn1)c1cccc(NN)c1[N+](=O)[O-]. The molecule has 1 aromatic carbocycles. The lowest BCUT2D eigenvalue weighted by Gasteiger charge is -2.19. The Hall–Kier alpha value is -2.67. The molecular weight excluding hydrogens is 258 g/mol. The summed E-state index contributed by atoms with van der Waals surface area (Å²) in [7, 11) is 1.78. The maximum absolute atomic E-state index is 11.2. The highest BCUT2D eigenvalue weighted by molar-refractivity contribution is 5.76. The molecule has 1 heterocycles. The van der Waals surface area contributed by atoms with Crippen LogP contribution in [-0.2, 0) is 6.54 Å². The topological polar surface area (TPSA) is 97.3 Å². The van der Waals surface area contributed by atoms with Crippen molar-refractivity contribution in [2.24, 2.45) is 5.84 Å². The molecule has 0 saturated carbocycles. The van der Waals surface area contributed by atoms with E-state index in [-0.39, 0.29) is 11.4 Å². The van der Waals surface area contributed by atoms with Crippen LogP contribution in [0.15, 0.2) is 42.6 Å². The number of nitrogens with zero attached hydrogens (tertiary/aromatic N) is 3. The van der Waals surface area contributed by atoms with Gasteiger partial charge in [-0.15, -0.1) is 0 Å². The number of hydrazine groups is 1. The molecule has 0 saturated heterocycles. The molecule has 0 aliphatic heterocycles. The van der Waals surface area contributed by atoms with Crippen molar-refractivity contribution in [3.8, 4) is 0 Å². The summed E-state index contributed by atoms with van der Waals surface area (Å²) >= 11 is 0. The molecule has 0 spiro atoms. The van der Waals surface area contributed by atoms with Crippen LogP contribution >= 0.6 is 0 Å². The number of nitrogens with two attached hydrogens (primary N) is 1. The Balaban J connectivity index is 2.34. The first-order valence-corrected chi connectivity index (χ1v) is 5.98. The maximum atomic E-state index is 11.2. The fourth-order valence-electron chi connectivity index (χ4n) is 1.97. The van der Waals surface area contributed by atoms with Gasteiger partial charge in [0.25, 0.3) is 0 Å². The number of anilines is 2. The van der Waals surface area contributed by atoms with E-state index in [1.165, 1.54) is 0 Å². The van der Waals surface area contributed by atoms with Gasteiger partial charge in [0.05, 0.1) is 17.2 Å². The molecule has 7 nitrogen and oxygen atoms in total. The Kier molecular flexibility index (Phi) is 4.11. The van der Waals surface area contributed by atoms with E-state index >= 15 is 0 Å². The number of aromatic nitrogens is 1. The molecule has 2 aromatic rings. The summed E-state index contributed by atoms with van der Waals surface area (Å²) in [5, 5.41) is 11.2. The van der Waals surface area contributed by atoms with Crippen molar-refractivity contribution in [3.05, 3.63) is 58.4 Å². The van der Waals surface area contributed by atoms with Crippen LogP contribution in [-0.4, -0.2) is 17.0 Å². The molecule has 0 radical (unpaired) electrons. The minimum Gasteiger partial charge on any atom is -0.363 e. The number of para-hydroxylation sites is 1. The second-order valence-electron chi connectivity index (χ2n) is 4.25. The highest BCUT2D eigenvalue weighted by Crippen LogP contribution is 2.34. The molecule has 104 valence electrons. The van der Waals surface area contributed by atoms with Crippen molar-refractivity contribution in [3.63, 3.8) is 0 Å². The first-order chi connectivity index (χ1) is 9.63. The van der Waals surface area contributed by atoms with Gasteiger partial charge in [-0.05, 0) is 24.3 Å². The van der Waals surface area contributed by atoms with Crippen LogP contribution in [0.4, 0.5) is 17.1 Å². The maximum Gasteiger partial charge on any atom is 0.316 e. The van der Waals surface area contributed by atoms with Gasteiger partial charge in [0.2, 0.25) is 0 Å². The molecule has 0 unspecified atom stereocenters. The van der Waals surface area contributed by atoms with Crippen LogP contribution in [0.1, 0.15) is 5.69 Å². The largest absolute Gasteiger partial charge is 0.363 e. The first kappa shape index (κ1) is 13.8. The third-order valence-corrected chi connectivity index (χ3v) is 2.89. The Labute approximate surface area is 116 Å². The number of hydrogen-bond acceptors (Lipinski definition) is 6. The van der Waals surface area contributed by atoms with E-state index < -0.39 is 4.92 Å². The summed E-state index contributed by atoms with van der Waals surface area (Å²) in [5.74, 6) is 5.32. The molecule has 3 N–H and O–H groups in total. The number of rotatable bonds is 5. The second kappa shape index (κ2) is 5.98. The third kappa shape index (κ3) is 2.83. The molecule has 0 fully saturated rings. The third-order valence-electron chi connectivity index (χ3n) is 2.89. The number of pyridine rings is 1. The predicted octanol–water partition coefficient (Wildman–Crippen LogP) is 1.91. The van der Waals surface area contributed by atoms with Crippen molar-refractivity contribution >= 4 is 17.1 Å². The molecule has 7 heteroatoms. The quantitative estimate of drug-likeness (QED) is 0.490. The lowest BCUT2D eigenvalue weighted by atomic mass is 10.2. The van der Waals surface area contributed by atoms with Crippen molar-refractivity contribution in [2.75, 3.05) is 17.4 Å². The summed E-state index contributed by atoms with van der Waals surface area (Å²) in [6.07, 6.45) is 1.69. The Morgan fingerprint density at radius 1 is 1.35 bits per heavy atom. The molecule has 2 rings (SSSR count). The van der Waals surface area contributed by atoms with E-state index in [1.54, 1.807) is 36.3 Å². The lowest BCUT2D eigenvalue weighted by Crippen LogP contribution is -2.19. The summed E-state index contributed by atoms with van der Waals surface area (Å²) in [6.45, 7) is 0.468. The van der Waals surface area contributed by atoms with Gasteiger partial charge in [-0.25, -0.2) is 0 Å². The Morgan fingerprint density at radius 3 is 2.75 bits per heavy atom. The van der Waals surface area contributed by atoms with Crippen LogP contribution in [0.5, 0.6) is 0 Å². The number of nitro benzene ring substituents is 1. The molecule has 0 aliphatic rings. The summed E-state index contributed by atoms with van der Waals surface area (Å²) in [6, 6.07) is 10.5. The smallest absolute Gasteiger partial charge is 0.316 e. The summed E-state index contributed by atoms with van der Waals surface area (Å²) < 4.78 is 0. The minimum absolute atomic E-state index is 0.0477. The number of benzene rings is 1. The summed E-state index contributed by atoms with van der Waals surface area (Å²) in [5.41, 5.74) is 3.89. The zero-order valence-corrected chi connectivity index (χ0v) is 11.0. The monoisotopic (exact) mass is 273 g/mol. The van der Waals surface area contributed by atoms with E-state index in [1.807, 2.05) is 18.2 Å². The fraction of sp³-hybridized carbons (Fsp3) is 0.154. The highest BCUT2D eigenvalue weighted by Gasteiger charge is 2.21. The average molecular weight is 273 g/mol. The van der Waals surface area contributed by atoms with E-state index in [9.17, 15) is 10.1 Å². The number of nitrogen functional groups attached to an aromatic ring is 1. The van der Waals surface area contributed by atoms with E-state index in [0.29, 0.717) is 12.2 Å². The molecule has 0 atom stereocenters. The van der Waals surface area contributed by atoms with Gasteiger partial charge in [-0.1, -0.05) is 12.1 Å². The van der Waals surface area contributed by atoms with Crippen molar-refractivity contribution in [1.29, 1.82) is 0 Å². The van der Waals surface area contributed by atoms with Gasteiger partial charge in [-0.2, -0.15) is 0 Å². The number of hydrogen-bond donors (Lipinski definition) is 2. The van der Waals surface area contributed by atoms with E-state index in [2.05, 4.69) is 10.4 Å². The van der Waals surface area contributed by atoms with Gasteiger partial charge in [0.1, 0.15) is 11.4 Å².